The first-order valence-electron chi connectivity index (χ1n) is 10.2. The number of carbonyl (C=O) groups excluding carboxylic acids is 2. The van der Waals surface area contributed by atoms with Gasteiger partial charge in [0.25, 0.3) is 11.8 Å². The number of methoxy groups -OCH3 is 1. The zero-order chi connectivity index (χ0) is 23.0. The average molecular weight is 429 g/mol. The third-order valence-electron chi connectivity index (χ3n) is 4.80. The van der Waals surface area contributed by atoms with Crippen molar-refractivity contribution < 1.29 is 23.8 Å². The van der Waals surface area contributed by atoms with Gasteiger partial charge in [0.1, 0.15) is 5.75 Å². The van der Waals surface area contributed by atoms with Gasteiger partial charge in [-0.25, -0.2) is 0 Å². The van der Waals surface area contributed by atoms with Crippen LogP contribution >= 0.6 is 0 Å². The molecule has 2 amide bonds. The van der Waals surface area contributed by atoms with Crippen molar-refractivity contribution in [2.24, 2.45) is 0 Å². The second kappa shape index (κ2) is 11.2. The Hall–Kier alpha value is -3.22. The number of amides is 2. The van der Waals surface area contributed by atoms with Crippen LogP contribution in [-0.2, 0) is 16.1 Å². The number of ether oxygens (including phenoxy) is 3. The van der Waals surface area contributed by atoms with Crippen molar-refractivity contribution in [3.63, 3.8) is 0 Å². The molecule has 0 aliphatic carbocycles. The van der Waals surface area contributed by atoms with Crippen molar-refractivity contribution in [3.05, 3.63) is 53.1 Å². The minimum absolute atomic E-state index is 0.0640. The average Bonchev–Trinajstić information content (AvgIpc) is 2.74. The van der Waals surface area contributed by atoms with E-state index in [4.69, 9.17) is 14.2 Å². The number of aryl methyl sites for hydroxylation is 1. The van der Waals surface area contributed by atoms with Crippen LogP contribution in [0.5, 0.6) is 17.2 Å². The third-order valence-corrected chi connectivity index (χ3v) is 4.80. The maximum atomic E-state index is 12.2. The monoisotopic (exact) mass is 428 g/mol. The summed E-state index contributed by atoms with van der Waals surface area (Å²) in [6.45, 7) is 6.51. The van der Waals surface area contributed by atoms with Crippen molar-refractivity contribution >= 4 is 11.8 Å². The first kappa shape index (κ1) is 24.1. The van der Waals surface area contributed by atoms with E-state index in [1.165, 1.54) is 17.6 Å². The first-order valence-corrected chi connectivity index (χ1v) is 10.2. The molecule has 0 aromatic heterocycles. The molecule has 1 N–H and O–H groups in total. The van der Waals surface area contributed by atoms with E-state index in [0.29, 0.717) is 29.7 Å². The molecule has 0 heterocycles. The molecule has 0 spiro atoms. The second-order valence-electron chi connectivity index (χ2n) is 7.80. The number of nitrogens with zero attached hydrogens (tertiary/aromatic N) is 1. The Balaban J connectivity index is 1.87. The van der Waals surface area contributed by atoms with E-state index in [-0.39, 0.29) is 25.0 Å². The lowest BCUT2D eigenvalue weighted by Gasteiger charge is -2.15. The van der Waals surface area contributed by atoms with Crippen molar-refractivity contribution in [3.8, 4) is 17.2 Å². The van der Waals surface area contributed by atoms with Crippen LogP contribution in [-0.4, -0.2) is 51.1 Å². The molecule has 2 rings (SSSR count). The molecule has 2 aromatic rings. The van der Waals surface area contributed by atoms with Gasteiger partial charge >= 0.3 is 0 Å². The molecule has 0 saturated heterocycles. The lowest BCUT2D eigenvalue weighted by molar-refractivity contribution is -0.130. The van der Waals surface area contributed by atoms with Crippen molar-refractivity contribution in [1.82, 2.24) is 10.2 Å². The van der Waals surface area contributed by atoms with Gasteiger partial charge in [0.15, 0.2) is 24.7 Å². The van der Waals surface area contributed by atoms with Gasteiger partial charge in [0.05, 0.1) is 7.11 Å². The van der Waals surface area contributed by atoms with E-state index in [1.807, 2.05) is 31.2 Å². The standard InChI is InChI=1S/C24H32N2O5/c1-16(2)20-9-8-19(11-17(20)3)30-14-23(27)25-13-18-7-10-21(22(12-18)29-6)31-15-24(28)26(4)5/h7-12,16H,13-15H2,1-6H3,(H,25,27). The quantitative estimate of drug-likeness (QED) is 0.628. The molecular formula is C24H32N2O5. The molecule has 31 heavy (non-hydrogen) atoms. The summed E-state index contributed by atoms with van der Waals surface area (Å²) in [5, 5.41) is 2.83. The van der Waals surface area contributed by atoms with Crippen LogP contribution in [0.1, 0.15) is 36.5 Å². The highest BCUT2D eigenvalue weighted by atomic mass is 16.5. The summed E-state index contributed by atoms with van der Waals surface area (Å²) in [5.74, 6) is 1.72. The predicted molar refractivity (Wildman–Crippen MR) is 120 cm³/mol. The van der Waals surface area contributed by atoms with E-state index < -0.39 is 0 Å². The van der Waals surface area contributed by atoms with E-state index in [1.54, 1.807) is 26.2 Å². The lowest BCUT2D eigenvalue weighted by Crippen LogP contribution is -2.28. The maximum absolute atomic E-state index is 12.2. The van der Waals surface area contributed by atoms with Crippen LogP contribution in [0.25, 0.3) is 0 Å². The van der Waals surface area contributed by atoms with E-state index in [9.17, 15) is 9.59 Å². The molecule has 0 saturated carbocycles. The number of rotatable bonds is 10. The summed E-state index contributed by atoms with van der Waals surface area (Å²) in [5.41, 5.74) is 3.26. The molecule has 7 heteroatoms. The SMILES string of the molecule is COc1cc(CNC(=O)COc2ccc(C(C)C)c(C)c2)ccc1OCC(=O)N(C)C. The Bertz CT molecular complexity index is 909. The maximum Gasteiger partial charge on any atom is 0.259 e. The molecule has 0 radical (unpaired) electrons. The molecule has 168 valence electrons. The lowest BCUT2D eigenvalue weighted by atomic mass is 9.98. The van der Waals surface area contributed by atoms with Gasteiger partial charge in [-0.15, -0.1) is 0 Å². The van der Waals surface area contributed by atoms with Crippen molar-refractivity contribution in [2.45, 2.75) is 33.2 Å². The highest BCUT2D eigenvalue weighted by Crippen LogP contribution is 2.28. The fraction of sp³-hybridized carbons (Fsp3) is 0.417. The number of hydrogen-bond donors (Lipinski definition) is 1. The number of nitrogens with one attached hydrogen (secondary N) is 1. The van der Waals surface area contributed by atoms with Crippen LogP contribution in [0.15, 0.2) is 36.4 Å². The van der Waals surface area contributed by atoms with Gasteiger partial charge in [-0.1, -0.05) is 26.0 Å². The van der Waals surface area contributed by atoms with Crippen molar-refractivity contribution in [1.29, 1.82) is 0 Å². The Kier molecular flexibility index (Phi) is 8.73. The zero-order valence-corrected chi connectivity index (χ0v) is 19.2. The Morgan fingerprint density at radius 2 is 1.74 bits per heavy atom. The molecule has 0 unspecified atom stereocenters. The summed E-state index contributed by atoms with van der Waals surface area (Å²) in [7, 11) is 4.86. The number of likely N-dealkylation sites (N-methyl/N-ethyl adjacent to an activating group) is 1. The van der Waals surface area contributed by atoms with E-state index in [2.05, 4.69) is 19.2 Å². The number of benzene rings is 2. The molecule has 0 aliphatic rings. The van der Waals surface area contributed by atoms with Crippen LogP contribution in [0.3, 0.4) is 0 Å². The van der Waals surface area contributed by atoms with Gasteiger partial charge in [0.2, 0.25) is 0 Å². The molecule has 0 aliphatic heterocycles. The zero-order valence-electron chi connectivity index (χ0n) is 19.2. The first-order chi connectivity index (χ1) is 14.7. The molecular weight excluding hydrogens is 396 g/mol. The van der Waals surface area contributed by atoms with Crippen LogP contribution < -0.4 is 19.5 Å². The summed E-state index contributed by atoms with van der Waals surface area (Å²) in [6, 6.07) is 11.2. The van der Waals surface area contributed by atoms with Gasteiger partial charge < -0.3 is 24.4 Å². The predicted octanol–water partition coefficient (Wildman–Crippen LogP) is 3.29. The van der Waals surface area contributed by atoms with Crippen LogP contribution in [0.4, 0.5) is 0 Å². The van der Waals surface area contributed by atoms with Gasteiger partial charge in [-0.3, -0.25) is 9.59 Å². The highest BCUT2D eigenvalue weighted by molar-refractivity contribution is 5.78. The fourth-order valence-corrected chi connectivity index (χ4v) is 3.00. The second-order valence-corrected chi connectivity index (χ2v) is 7.80. The topological polar surface area (TPSA) is 77.1 Å². The van der Waals surface area contributed by atoms with Gasteiger partial charge in [-0.05, 0) is 53.8 Å². The molecule has 0 atom stereocenters. The summed E-state index contributed by atoms with van der Waals surface area (Å²) in [4.78, 5) is 25.3. The van der Waals surface area contributed by atoms with Gasteiger partial charge in [0, 0.05) is 20.6 Å². The minimum atomic E-state index is -0.221. The fourth-order valence-electron chi connectivity index (χ4n) is 3.00. The van der Waals surface area contributed by atoms with Crippen LogP contribution in [0, 0.1) is 6.92 Å². The van der Waals surface area contributed by atoms with E-state index in [0.717, 1.165) is 11.1 Å². The number of carbonyl (C=O) groups is 2. The van der Waals surface area contributed by atoms with Gasteiger partial charge in [-0.2, -0.15) is 0 Å². The summed E-state index contributed by atoms with van der Waals surface area (Å²) in [6.07, 6.45) is 0. The molecule has 7 nitrogen and oxygen atoms in total. The van der Waals surface area contributed by atoms with Crippen LogP contribution in [0.2, 0.25) is 0 Å². The summed E-state index contributed by atoms with van der Waals surface area (Å²) >= 11 is 0. The minimum Gasteiger partial charge on any atom is -0.493 e. The number of hydrogen-bond acceptors (Lipinski definition) is 5. The largest absolute Gasteiger partial charge is 0.493 e. The van der Waals surface area contributed by atoms with Crippen molar-refractivity contribution in [2.75, 3.05) is 34.4 Å². The normalized spacial score (nSPS) is 10.5. The Labute approximate surface area is 184 Å². The highest BCUT2D eigenvalue weighted by Gasteiger charge is 2.11. The summed E-state index contributed by atoms with van der Waals surface area (Å²) < 4.78 is 16.5. The smallest absolute Gasteiger partial charge is 0.259 e. The Morgan fingerprint density at radius 1 is 1.00 bits per heavy atom. The third kappa shape index (κ3) is 7.20. The Morgan fingerprint density at radius 3 is 2.35 bits per heavy atom. The molecule has 0 fully saturated rings. The molecule has 0 bridgehead atoms. The van der Waals surface area contributed by atoms with E-state index >= 15 is 0 Å². The molecule has 2 aromatic carbocycles.